The lowest BCUT2D eigenvalue weighted by Gasteiger charge is -2.42. The number of fused-ring (bicyclic) bond motifs is 16. The third-order valence-corrected chi connectivity index (χ3v) is 16.6. The first-order chi connectivity index (χ1) is 31.8. The van der Waals surface area contributed by atoms with Gasteiger partial charge in [0.2, 0.25) is 0 Å². The summed E-state index contributed by atoms with van der Waals surface area (Å²) in [5.74, 6) is 0. The topological polar surface area (TPSA) is 43.2 Å². The summed E-state index contributed by atoms with van der Waals surface area (Å²) in [5.41, 5.74) is 18.4. The maximum absolute atomic E-state index is 6.67. The van der Waals surface area contributed by atoms with Crippen molar-refractivity contribution in [2.45, 2.75) is 77.6 Å². The van der Waals surface area contributed by atoms with Gasteiger partial charge >= 0.3 is 0 Å². The highest BCUT2D eigenvalue weighted by Crippen LogP contribution is 2.53. The van der Waals surface area contributed by atoms with Crippen molar-refractivity contribution in [2.75, 3.05) is 5.32 Å². The van der Waals surface area contributed by atoms with Crippen molar-refractivity contribution < 1.29 is 8.83 Å². The number of rotatable bonds is 3. The fourth-order valence-corrected chi connectivity index (χ4v) is 13.0. The second-order valence-electron chi connectivity index (χ2n) is 21.4. The molecular weight excluding hydrogens is 824 g/mol. The molecule has 6 heteroatoms. The molecule has 0 saturated heterocycles. The number of benzene rings is 8. The van der Waals surface area contributed by atoms with E-state index in [9.17, 15) is 0 Å². The number of anilines is 2. The molecule has 66 heavy (non-hydrogen) atoms. The molecule has 4 aromatic heterocycles. The van der Waals surface area contributed by atoms with Crippen LogP contribution in [0.25, 0.3) is 103 Å². The first-order valence-corrected chi connectivity index (χ1v) is 24.3. The van der Waals surface area contributed by atoms with Crippen molar-refractivity contribution >= 4 is 127 Å². The number of thiophene rings is 1. The molecular formula is C60H48BN2O2S. The molecule has 0 amide bonds. The van der Waals surface area contributed by atoms with Crippen LogP contribution in [0.3, 0.4) is 0 Å². The van der Waals surface area contributed by atoms with Crippen LogP contribution < -0.4 is 16.2 Å². The number of hydrogen-bond donors (Lipinski definition) is 1. The summed E-state index contributed by atoms with van der Waals surface area (Å²) in [6.07, 6.45) is 2.31. The number of nitrogens with one attached hydrogen (secondary N) is 1. The van der Waals surface area contributed by atoms with Gasteiger partial charge in [-0.3, -0.25) is 0 Å². The van der Waals surface area contributed by atoms with Gasteiger partial charge in [-0.1, -0.05) is 127 Å². The van der Waals surface area contributed by atoms with Crippen LogP contribution >= 0.6 is 11.3 Å². The highest BCUT2D eigenvalue weighted by molar-refractivity contribution is 7.26. The maximum atomic E-state index is 6.67. The zero-order valence-corrected chi connectivity index (χ0v) is 39.2. The minimum Gasteiger partial charge on any atom is -0.456 e. The summed E-state index contributed by atoms with van der Waals surface area (Å²) in [7, 11) is 2.49. The van der Waals surface area contributed by atoms with Crippen molar-refractivity contribution in [2.24, 2.45) is 0 Å². The molecule has 1 aliphatic heterocycles. The van der Waals surface area contributed by atoms with Crippen LogP contribution in [-0.2, 0) is 16.2 Å². The number of para-hydroxylation sites is 2. The van der Waals surface area contributed by atoms with Crippen molar-refractivity contribution in [3.63, 3.8) is 0 Å². The fourth-order valence-electron chi connectivity index (χ4n) is 11.8. The Morgan fingerprint density at radius 3 is 1.92 bits per heavy atom. The average molecular weight is 872 g/mol. The van der Waals surface area contributed by atoms with E-state index in [1.54, 1.807) is 0 Å². The molecule has 1 N–H and O–H groups in total. The van der Waals surface area contributed by atoms with Crippen LogP contribution in [-0.4, -0.2) is 11.8 Å². The molecule has 0 fully saturated rings. The molecule has 0 spiro atoms. The van der Waals surface area contributed by atoms with Gasteiger partial charge in [0.25, 0.3) is 0 Å². The molecule has 0 saturated carbocycles. The Bertz CT molecular complexity index is 4090. The molecule has 4 nitrogen and oxygen atoms in total. The number of hydrogen-bond acceptors (Lipinski definition) is 4. The fraction of sp³-hybridized carbons (Fsp3) is 0.200. The zero-order chi connectivity index (χ0) is 44.6. The first kappa shape index (κ1) is 38.5. The van der Waals surface area contributed by atoms with E-state index in [1.165, 1.54) is 75.2 Å². The number of aromatic nitrogens is 1. The highest BCUT2D eigenvalue weighted by Gasteiger charge is 2.39. The van der Waals surface area contributed by atoms with E-state index in [1.807, 2.05) is 11.3 Å². The molecule has 12 aromatic rings. The summed E-state index contributed by atoms with van der Waals surface area (Å²) >= 11 is 1.92. The summed E-state index contributed by atoms with van der Waals surface area (Å²) in [6.45, 7) is 16.6. The van der Waals surface area contributed by atoms with Crippen LogP contribution in [0, 0.1) is 0 Å². The lowest BCUT2D eigenvalue weighted by molar-refractivity contribution is 0.332. The zero-order valence-electron chi connectivity index (χ0n) is 38.4. The molecule has 1 radical (unpaired) electrons. The monoisotopic (exact) mass is 871 g/mol. The quantitative estimate of drug-likeness (QED) is 0.180. The van der Waals surface area contributed by atoms with Gasteiger partial charge in [0, 0.05) is 87.1 Å². The molecule has 0 unspecified atom stereocenters. The van der Waals surface area contributed by atoms with Gasteiger partial charge in [0.05, 0.1) is 11.2 Å². The average Bonchev–Trinajstić information content (AvgIpc) is 4.06. The van der Waals surface area contributed by atoms with Gasteiger partial charge in [-0.05, 0) is 105 Å². The van der Waals surface area contributed by atoms with E-state index in [0.29, 0.717) is 0 Å². The van der Waals surface area contributed by atoms with Crippen LogP contribution in [0.4, 0.5) is 11.4 Å². The van der Waals surface area contributed by atoms with Crippen molar-refractivity contribution in [3.8, 4) is 16.8 Å². The maximum Gasteiger partial charge on any atom is 0.198 e. The second-order valence-corrected chi connectivity index (χ2v) is 22.5. The third kappa shape index (κ3) is 5.28. The second kappa shape index (κ2) is 13.0. The molecule has 8 aromatic carbocycles. The predicted octanol–water partition coefficient (Wildman–Crippen LogP) is 16.0. The molecule has 14 rings (SSSR count). The van der Waals surface area contributed by atoms with E-state index in [0.717, 1.165) is 79.3 Å². The normalized spacial score (nSPS) is 15.4. The van der Waals surface area contributed by atoms with Gasteiger partial charge < -0.3 is 18.7 Å². The Morgan fingerprint density at radius 1 is 0.606 bits per heavy atom. The molecule has 319 valence electrons. The van der Waals surface area contributed by atoms with E-state index < -0.39 is 0 Å². The van der Waals surface area contributed by atoms with Crippen molar-refractivity contribution in [1.82, 2.24) is 4.57 Å². The van der Waals surface area contributed by atoms with Crippen LogP contribution in [0.5, 0.6) is 0 Å². The summed E-state index contributed by atoms with van der Waals surface area (Å²) in [6, 6.07) is 49.4. The van der Waals surface area contributed by atoms with Gasteiger partial charge in [-0.15, -0.1) is 11.3 Å². The van der Waals surface area contributed by atoms with Gasteiger partial charge in [0.1, 0.15) is 22.3 Å². The van der Waals surface area contributed by atoms with Crippen molar-refractivity contribution in [1.29, 1.82) is 0 Å². The van der Waals surface area contributed by atoms with Crippen molar-refractivity contribution in [3.05, 3.63) is 150 Å². The van der Waals surface area contributed by atoms with Crippen LogP contribution in [0.1, 0.15) is 78.0 Å². The lowest BCUT2D eigenvalue weighted by Crippen LogP contribution is -2.37. The Balaban J connectivity index is 1.17. The van der Waals surface area contributed by atoms with E-state index >= 15 is 0 Å². The predicted molar refractivity (Wildman–Crippen MR) is 282 cm³/mol. The Morgan fingerprint density at radius 2 is 1.23 bits per heavy atom. The largest absolute Gasteiger partial charge is 0.456 e. The molecule has 5 heterocycles. The van der Waals surface area contributed by atoms with Gasteiger partial charge in [-0.2, -0.15) is 0 Å². The van der Waals surface area contributed by atoms with Crippen LogP contribution in [0.15, 0.2) is 142 Å². The summed E-state index contributed by atoms with van der Waals surface area (Å²) in [5, 5.41) is 13.7. The Labute approximate surface area is 388 Å². The number of nitrogens with zero attached hydrogens (tertiary/aromatic N) is 1. The van der Waals surface area contributed by atoms with Gasteiger partial charge in [-0.25, -0.2) is 0 Å². The number of furan rings is 2. The smallest absolute Gasteiger partial charge is 0.198 e. The lowest BCUT2D eigenvalue weighted by atomic mass is 9.58. The van der Waals surface area contributed by atoms with E-state index in [4.69, 9.17) is 8.83 Å². The molecule has 2 aliphatic rings. The Hall–Kier alpha value is -6.76. The Kier molecular flexibility index (Phi) is 7.58. The first-order valence-electron chi connectivity index (χ1n) is 23.4. The minimum absolute atomic E-state index is 0.0366. The minimum atomic E-state index is 0.0366. The molecule has 0 bridgehead atoms. The summed E-state index contributed by atoms with van der Waals surface area (Å²) < 4.78 is 18.5. The SMILES string of the molecule is CC(C)(C)c1ccc(Nc2cc3oc4ccccc4c3cc2-c2c3c4c(c5cc6c(cc5n4-c4cc5oc7ccccc7c5cc4[B]3)C(C)(C)CCC6(C)C)c3c2sc2ccccc23)cc1. The van der Waals surface area contributed by atoms with Crippen LogP contribution in [0.2, 0.25) is 0 Å². The standard InChI is InChI=1S/C60H48BN2O2S/c1-58(2,3)32-20-22-33(23-21-32)62-44-30-49-37(34-14-8-11-17-47(34)64-49)26-39(44)54-55-56-52(53-36-16-10-13-19-51(36)66-57(53)54)40-27-41-42(60(6,7)25-24-59(41,4)5)29-45(40)63(56)46-31-50-38(28-43(46)61-55)35-15-9-12-18-48(35)65-50/h8-23,26-31,62H,24-25H2,1-7H3. The van der Waals surface area contributed by atoms with Gasteiger partial charge in [0.15, 0.2) is 7.28 Å². The molecule has 0 atom stereocenters. The highest BCUT2D eigenvalue weighted by atomic mass is 32.1. The van der Waals surface area contributed by atoms with E-state index in [-0.39, 0.29) is 16.2 Å². The van der Waals surface area contributed by atoms with E-state index in [2.05, 4.69) is 199 Å². The third-order valence-electron chi connectivity index (χ3n) is 15.4. The molecule has 1 aliphatic carbocycles. The summed E-state index contributed by atoms with van der Waals surface area (Å²) in [4.78, 5) is 0.